The highest BCUT2D eigenvalue weighted by Crippen LogP contribution is 2.37. The number of nitrogens with zero attached hydrogens (tertiary/aromatic N) is 3. The number of sulfonamides is 1. The van der Waals surface area contributed by atoms with Crippen LogP contribution in [-0.2, 0) is 10.0 Å². The van der Waals surface area contributed by atoms with Crippen molar-refractivity contribution in [1.29, 1.82) is 0 Å². The minimum atomic E-state index is -3.92. The Bertz CT molecular complexity index is 718. The number of halogens is 1. The van der Waals surface area contributed by atoms with Crippen molar-refractivity contribution in [2.45, 2.75) is 32.0 Å². The lowest BCUT2D eigenvalue weighted by atomic mass is 10.3. The second-order valence-corrected chi connectivity index (χ2v) is 7.09. The molecule has 9 heteroatoms. The fourth-order valence-corrected chi connectivity index (χ4v) is 3.66. The Morgan fingerprint density at radius 3 is 2.47 bits per heavy atom. The van der Waals surface area contributed by atoms with Gasteiger partial charge >= 0.3 is 0 Å². The second kappa shape index (κ2) is 4.86. The Morgan fingerprint density at radius 2 is 2.05 bits per heavy atom. The number of aryl methyl sites for hydroxylation is 1. The molecule has 2 aromatic rings. The molecule has 0 aliphatic heterocycles. The zero-order chi connectivity index (χ0) is 14.4. The van der Waals surface area contributed by atoms with Crippen molar-refractivity contribution >= 4 is 33.0 Å². The third kappa shape index (κ3) is 2.53. The van der Waals surface area contributed by atoms with Crippen LogP contribution in [0.4, 0.5) is 0 Å². The van der Waals surface area contributed by atoms with Gasteiger partial charge in [0.2, 0.25) is 0 Å². The van der Waals surface area contributed by atoms with E-state index in [1.807, 2.05) is 26.2 Å². The number of rotatable bonds is 3. The number of hydrogen-bond donors (Lipinski definition) is 1. The normalized spacial score (nSPS) is 12.3. The SMILES string of the molecule is Cc1csc(-c2nnc(S(N)(=O)=O)n2C(C)C)c1Cl. The van der Waals surface area contributed by atoms with Crippen LogP contribution in [0.2, 0.25) is 5.02 Å². The molecule has 19 heavy (non-hydrogen) atoms. The number of thiophene rings is 1. The maximum atomic E-state index is 11.5. The standard InChI is InChI=1S/C10H13ClN4O2S2/c1-5(2)15-9(8-7(11)6(3)4-18-8)13-14-10(15)19(12,16)17/h4-5H,1-3H3,(H2,12,16,17). The lowest BCUT2D eigenvalue weighted by Gasteiger charge is -2.12. The summed E-state index contributed by atoms with van der Waals surface area (Å²) in [6.07, 6.45) is 0. The summed E-state index contributed by atoms with van der Waals surface area (Å²) in [5.41, 5.74) is 0.914. The lowest BCUT2D eigenvalue weighted by molar-refractivity contribution is 0.525. The Morgan fingerprint density at radius 1 is 1.42 bits per heavy atom. The van der Waals surface area contributed by atoms with E-state index in [0.29, 0.717) is 15.7 Å². The van der Waals surface area contributed by atoms with Crippen LogP contribution in [-0.4, -0.2) is 23.2 Å². The van der Waals surface area contributed by atoms with E-state index in [4.69, 9.17) is 16.7 Å². The number of nitrogens with two attached hydrogens (primary N) is 1. The van der Waals surface area contributed by atoms with E-state index in [-0.39, 0.29) is 11.2 Å². The first kappa shape index (κ1) is 14.4. The van der Waals surface area contributed by atoms with Gasteiger partial charge in [0.1, 0.15) is 0 Å². The summed E-state index contributed by atoms with van der Waals surface area (Å²) < 4.78 is 24.5. The van der Waals surface area contributed by atoms with E-state index in [0.717, 1.165) is 5.56 Å². The van der Waals surface area contributed by atoms with E-state index in [1.165, 1.54) is 15.9 Å². The first-order chi connectivity index (χ1) is 8.73. The Labute approximate surface area is 120 Å². The zero-order valence-electron chi connectivity index (χ0n) is 10.6. The maximum Gasteiger partial charge on any atom is 0.273 e. The molecule has 0 unspecified atom stereocenters. The monoisotopic (exact) mass is 320 g/mol. The highest BCUT2D eigenvalue weighted by atomic mass is 35.5. The van der Waals surface area contributed by atoms with Crippen LogP contribution < -0.4 is 5.14 Å². The predicted octanol–water partition coefficient (Wildman–Crippen LogP) is 2.20. The number of aromatic nitrogens is 3. The first-order valence-electron chi connectivity index (χ1n) is 5.45. The van der Waals surface area contributed by atoms with Gasteiger partial charge in [0.25, 0.3) is 15.2 Å². The van der Waals surface area contributed by atoms with Gasteiger partial charge in [-0.05, 0) is 31.7 Å². The van der Waals surface area contributed by atoms with Crippen LogP contribution in [0.3, 0.4) is 0 Å². The summed E-state index contributed by atoms with van der Waals surface area (Å²) in [6.45, 7) is 5.53. The van der Waals surface area contributed by atoms with Gasteiger partial charge in [-0.3, -0.25) is 4.57 Å². The van der Waals surface area contributed by atoms with E-state index in [9.17, 15) is 8.42 Å². The van der Waals surface area contributed by atoms with E-state index in [1.54, 1.807) is 0 Å². The van der Waals surface area contributed by atoms with Gasteiger partial charge in [-0.15, -0.1) is 21.5 Å². The molecule has 0 amide bonds. The predicted molar refractivity (Wildman–Crippen MR) is 74.8 cm³/mol. The molecule has 0 aliphatic carbocycles. The zero-order valence-corrected chi connectivity index (χ0v) is 13.0. The second-order valence-electron chi connectivity index (χ2n) is 4.38. The topological polar surface area (TPSA) is 90.9 Å². The van der Waals surface area contributed by atoms with Crippen LogP contribution in [0.1, 0.15) is 25.5 Å². The molecular weight excluding hydrogens is 308 g/mol. The quantitative estimate of drug-likeness (QED) is 0.938. The Balaban J connectivity index is 2.73. The van der Waals surface area contributed by atoms with E-state index >= 15 is 0 Å². The van der Waals surface area contributed by atoms with Crippen LogP contribution in [0, 0.1) is 6.92 Å². The van der Waals surface area contributed by atoms with Crippen molar-refractivity contribution in [2.24, 2.45) is 5.14 Å². The van der Waals surface area contributed by atoms with Crippen LogP contribution in [0.5, 0.6) is 0 Å². The van der Waals surface area contributed by atoms with Crippen molar-refractivity contribution in [3.8, 4) is 10.7 Å². The van der Waals surface area contributed by atoms with Crippen LogP contribution in [0.25, 0.3) is 10.7 Å². The molecule has 2 rings (SSSR count). The minimum Gasteiger partial charge on any atom is -0.293 e. The van der Waals surface area contributed by atoms with Crippen molar-refractivity contribution in [3.05, 3.63) is 16.0 Å². The third-order valence-corrected chi connectivity index (χ3v) is 5.02. The molecule has 104 valence electrons. The molecule has 0 saturated heterocycles. The molecule has 6 nitrogen and oxygen atoms in total. The van der Waals surface area contributed by atoms with Gasteiger partial charge in [0.05, 0.1) is 9.90 Å². The number of primary sulfonamides is 1. The van der Waals surface area contributed by atoms with Crippen molar-refractivity contribution in [2.75, 3.05) is 0 Å². The van der Waals surface area contributed by atoms with Gasteiger partial charge < -0.3 is 0 Å². The molecule has 2 N–H and O–H groups in total. The molecule has 2 heterocycles. The van der Waals surface area contributed by atoms with Crippen molar-refractivity contribution in [1.82, 2.24) is 14.8 Å². The summed E-state index contributed by atoms with van der Waals surface area (Å²) in [7, 11) is -3.92. The minimum absolute atomic E-state index is 0.156. The molecule has 0 fully saturated rings. The van der Waals surface area contributed by atoms with Gasteiger partial charge in [-0.2, -0.15) is 0 Å². The molecule has 0 aliphatic rings. The molecule has 0 aromatic carbocycles. The van der Waals surface area contributed by atoms with Gasteiger partial charge in [-0.1, -0.05) is 11.6 Å². The van der Waals surface area contributed by atoms with Crippen molar-refractivity contribution in [3.63, 3.8) is 0 Å². The average Bonchev–Trinajstić information content (AvgIpc) is 2.83. The molecular formula is C10H13ClN4O2S2. The fraction of sp³-hybridized carbons (Fsp3) is 0.400. The first-order valence-corrected chi connectivity index (χ1v) is 8.25. The Kier molecular flexibility index (Phi) is 3.69. The average molecular weight is 321 g/mol. The highest BCUT2D eigenvalue weighted by molar-refractivity contribution is 7.89. The smallest absolute Gasteiger partial charge is 0.273 e. The van der Waals surface area contributed by atoms with Gasteiger partial charge in [0, 0.05) is 6.04 Å². The third-order valence-electron chi connectivity index (χ3n) is 2.54. The molecule has 0 bridgehead atoms. The van der Waals surface area contributed by atoms with E-state index < -0.39 is 10.0 Å². The fourth-order valence-electron chi connectivity index (χ4n) is 1.67. The molecule has 0 spiro atoms. The van der Waals surface area contributed by atoms with E-state index in [2.05, 4.69) is 10.2 Å². The molecule has 0 saturated carbocycles. The highest BCUT2D eigenvalue weighted by Gasteiger charge is 2.25. The largest absolute Gasteiger partial charge is 0.293 e. The van der Waals surface area contributed by atoms with Crippen LogP contribution in [0.15, 0.2) is 10.5 Å². The summed E-state index contributed by atoms with van der Waals surface area (Å²) in [6, 6.07) is -0.156. The maximum absolute atomic E-state index is 11.5. The molecule has 0 radical (unpaired) electrons. The van der Waals surface area contributed by atoms with Gasteiger partial charge in [-0.25, -0.2) is 13.6 Å². The summed E-state index contributed by atoms with van der Waals surface area (Å²) >= 11 is 7.59. The van der Waals surface area contributed by atoms with Crippen molar-refractivity contribution < 1.29 is 8.42 Å². The Hall–Kier alpha value is -0.960. The molecule has 0 atom stereocenters. The summed E-state index contributed by atoms with van der Waals surface area (Å²) in [4.78, 5) is 0.690. The summed E-state index contributed by atoms with van der Waals surface area (Å²) in [5, 5.41) is 14.9. The number of hydrogen-bond acceptors (Lipinski definition) is 5. The van der Waals surface area contributed by atoms with Crippen LogP contribution >= 0.6 is 22.9 Å². The lowest BCUT2D eigenvalue weighted by Crippen LogP contribution is -2.20. The summed E-state index contributed by atoms with van der Waals surface area (Å²) in [5.74, 6) is 0.419. The molecule has 2 aromatic heterocycles. The van der Waals surface area contributed by atoms with Gasteiger partial charge in [0.15, 0.2) is 5.82 Å².